The number of amides is 2. The van der Waals surface area contributed by atoms with Gasteiger partial charge < -0.3 is 14.0 Å². The van der Waals surface area contributed by atoms with E-state index in [1.54, 1.807) is 25.3 Å². The summed E-state index contributed by atoms with van der Waals surface area (Å²) < 4.78 is 13.4. The van der Waals surface area contributed by atoms with E-state index in [-0.39, 0.29) is 12.3 Å². The van der Waals surface area contributed by atoms with E-state index < -0.39 is 11.1 Å². The number of fused-ring (bicyclic) bond motifs is 1. The molecule has 0 unspecified atom stereocenters. The summed E-state index contributed by atoms with van der Waals surface area (Å²) in [5.41, 5.74) is 3.29. The highest BCUT2D eigenvalue weighted by Crippen LogP contribution is 2.34. The van der Waals surface area contributed by atoms with Gasteiger partial charge in [0.2, 0.25) is 0 Å². The van der Waals surface area contributed by atoms with Gasteiger partial charge in [-0.15, -0.1) is 0 Å². The summed E-state index contributed by atoms with van der Waals surface area (Å²) in [6.07, 6.45) is 3.67. The first kappa shape index (κ1) is 25.4. The van der Waals surface area contributed by atoms with Crippen LogP contribution in [0.25, 0.3) is 17.0 Å². The fourth-order valence-electron chi connectivity index (χ4n) is 4.32. The first-order chi connectivity index (χ1) is 18.4. The second kappa shape index (κ2) is 11.0. The third-order valence-corrected chi connectivity index (χ3v) is 7.22. The fraction of sp³-hybridized carbons (Fsp3) is 0.167. The number of ketones is 1. The maximum atomic E-state index is 13.1. The monoisotopic (exact) mass is 526 g/mol. The minimum absolute atomic E-state index is 0.278. The highest BCUT2D eigenvalue weighted by Gasteiger charge is 2.36. The number of imide groups is 1. The number of para-hydroxylation sites is 3. The van der Waals surface area contributed by atoms with Crippen LogP contribution < -0.4 is 9.47 Å². The number of hydrogen-bond acceptors (Lipinski definition) is 6. The molecule has 0 radical (unpaired) electrons. The van der Waals surface area contributed by atoms with E-state index >= 15 is 0 Å². The number of aryl methyl sites for hydroxylation is 1. The van der Waals surface area contributed by atoms with Crippen LogP contribution in [0.4, 0.5) is 4.79 Å². The predicted molar refractivity (Wildman–Crippen MR) is 149 cm³/mol. The van der Waals surface area contributed by atoms with Gasteiger partial charge >= 0.3 is 0 Å². The molecule has 3 aromatic carbocycles. The molecule has 0 aliphatic carbocycles. The molecule has 1 aliphatic heterocycles. The van der Waals surface area contributed by atoms with E-state index in [4.69, 9.17) is 9.47 Å². The maximum absolute atomic E-state index is 13.1. The van der Waals surface area contributed by atoms with E-state index in [1.807, 2.05) is 73.8 Å². The molecule has 2 amide bonds. The average molecular weight is 527 g/mol. The van der Waals surface area contributed by atoms with Crippen LogP contribution in [0.1, 0.15) is 21.5 Å². The van der Waals surface area contributed by atoms with Crippen molar-refractivity contribution in [3.05, 3.63) is 101 Å². The Bertz CT molecular complexity index is 1550. The standard InChI is InChI=1S/C30H26N2O5S/c1-20-11-13-21(14-12-20)25(33)19-32-29(34)28(38-30(32)35)17-22-18-31(24-8-4-3-7-23(22)24)15-16-37-27-10-6-5-9-26(27)36-2/h3-14,17-18H,15-16,19H2,1-2H3/b28-17-. The molecule has 192 valence electrons. The number of ether oxygens (including phenoxy) is 2. The van der Waals surface area contributed by atoms with Crippen molar-refractivity contribution >= 4 is 45.7 Å². The first-order valence-electron chi connectivity index (χ1n) is 12.1. The molecule has 4 aromatic rings. The minimum Gasteiger partial charge on any atom is -0.493 e. The summed E-state index contributed by atoms with van der Waals surface area (Å²) in [5.74, 6) is 0.597. The molecule has 1 fully saturated rings. The summed E-state index contributed by atoms with van der Waals surface area (Å²) in [4.78, 5) is 39.7. The number of hydrogen-bond donors (Lipinski definition) is 0. The Hall–Kier alpha value is -4.30. The Labute approximate surface area is 224 Å². The van der Waals surface area contributed by atoms with Crippen LogP contribution in [0.2, 0.25) is 0 Å². The van der Waals surface area contributed by atoms with Gasteiger partial charge in [-0.25, -0.2) is 0 Å². The Morgan fingerprint density at radius 2 is 1.66 bits per heavy atom. The van der Waals surface area contributed by atoms with Gasteiger partial charge in [0.1, 0.15) is 6.61 Å². The molecule has 7 nitrogen and oxygen atoms in total. The average Bonchev–Trinajstić information content (AvgIpc) is 3.41. The van der Waals surface area contributed by atoms with Gasteiger partial charge in [0.05, 0.1) is 25.1 Å². The zero-order chi connectivity index (χ0) is 26.6. The van der Waals surface area contributed by atoms with Gasteiger partial charge in [-0.2, -0.15) is 0 Å². The van der Waals surface area contributed by atoms with Gasteiger partial charge in [-0.05, 0) is 43.0 Å². The second-order valence-corrected chi connectivity index (χ2v) is 9.84. The number of nitrogens with zero attached hydrogens (tertiary/aromatic N) is 2. The van der Waals surface area contributed by atoms with Crippen LogP contribution in [0.3, 0.4) is 0 Å². The van der Waals surface area contributed by atoms with Crippen LogP contribution in [-0.4, -0.2) is 46.7 Å². The number of thioether (sulfide) groups is 1. The van der Waals surface area contributed by atoms with E-state index in [2.05, 4.69) is 4.57 Å². The predicted octanol–water partition coefficient (Wildman–Crippen LogP) is 5.96. The summed E-state index contributed by atoms with van der Waals surface area (Å²) in [6, 6.07) is 22.4. The van der Waals surface area contributed by atoms with Crippen molar-refractivity contribution in [2.45, 2.75) is 13.5 Å². The van der Waals surface area contributed by atoms with E-state index in [1.165, 1.54) is 0 Å². The minimum atomic E-state index is -0.461. The van der Waals surface area contributed by atoms with Crippen molar-refractivity contribution in [1.29, 1.82) is 0 Å². The summed E-state index contributed by atoms with van der Waals surface area (Å²) in [6.45, 7) is 2.63. The lowest BCUT2D eigenvalue weighted by molar-refractivity contribution is -0.122. The number of rotatable bonds is 9. The molecule has 0 bridgehead atoms. The lowest BCUT2D eigenvalue weighted by Crippen LogP contribution is -2.33. The van der Waals surface area contributed by atoms with Crippen molar-refractivity contribution in [2.24, 2.45) is 0 Å². The summed E-state index contributed by atoms with van der Waals surface area (Å²) >= 11 is 0.852. The normalized spacial score (nSPS) is 14.5. The zero-order valence-corrected chi connectivity index (χ0v) is 21.9. The van der Waals surface area contributed by atoms with Crippen LogP contribution in [-0.2, 0) is 11.3 Å². The molecular weight excluding hydrogens is 500 g/mol. The second-order valence-electron chi connectivity index (χ2n) is 8.85. The molecule has 1 saturated heterocycles. The SMILES string of the molecule is COc1ccccc1OCCn1cc(/C=C2\SC(=O)N(CC(=O)c3ccc(C)cc3)C2=O)c2ccccc21. The van der Waals surface area contributed by atoms with E-state index in [0.717, 1.165) is 38.7 Å². The maximum Gasteiger partial charge on any atom is 0.293 e. The molecule has 2 heterocycles. The third kappa shape index (κ3) is 5.21. The molecule has 0 N–H and O–H groups in total. The van der Waals surface area contributed by atoms with Crippen LogP contribution >= 0.6 is 11.8 Å². The number of carbonyl (C=O) groups is 3. The lowest BCUT2D eigenvalue weighted by atomic mass is 10.1. The zero-order valence-electron chi connectivity index (χ0n) is 21.0. The number of carbonyl (C=O) groups excluding carboxylic acids is 3. The highest BCUT2D eigenvalue weighted by atomic mass is 32.2. The Kier molecular flexibility index (Phi) is 7.33. The lowest BCUT2D eigenvalue weighted by Gasteiger charge is -2.11. The van der Waals surface area contributed by atoms with Crippen molar-refractivity contribution in [2.75, 3.05) is 20.3 Å². The van der Waals surface area contributed by atoms with Crippen LogP contribution in [0.15, 0.2) is 83.9 Å². The summed E-state index contributed by atoms with van der Waals surface area (Å²) in [7, 11) is 1.61. The molecule has 0 atom stereocenters. The Morgan fingerprint density at radius 1 is 0.947 bits per heavy atom. The molecule has 5 rings (SSSR count). The Morgan fingerprint density at radius 3 is 2.42 bits per heavy atom. The smallest absolute Gasteiger partial charge is 0.293 e. The fourth-order valence-corrected chi connectivity index (χ4v) is 5.15. The molecule has 1 aliphatic rings. The third-order valence-electron chi connectivity index (χ3n) is 6.31. The number of benzene rings is 3. The van der Waals surface area contributed by atoms with Crippen molar-refractivity contribution < 1.29 is 23.9 Å². The van der Waals surface area contributed by atoms with Crippen LogP contribution in [0.5, 0.6) is 11.5 Å². The molecular formula is C30H26N2O5S. The van der Waals surface area contributed by atoms with Crippen LogP contribution in [0, 0.1) is 6.92 Å². The van der Waals surface area contributed by atoms with E-state index in [0.29, 0.717) is 35.1 Å². The number of methoxy groups -OCH3 is 1. The summed E-state index contributed by atoms with van der Waals surface area (Å²) in [5, 5.41) is 0.503. The van der Waals surface area contributed by atoms with E-state index in [9.17, 15) is 14.4 Å². The molecule has 8 heteroatoms. The van der Waals surface area contributed by atoms with Crippen molar-refractivity contribution in [3.63, 3.8) is 0 Å². The largest absolute Gasteiger partial charge is 0.493 e. The van der Waals surface area contributed by atoms with Gasteiger partial charge in [-0.1, -0.05) is 60.2 Å². The highest BCUT2D eigenvalue weighted by molar-refractivity contribution is 8.18. The molecule has 0 spiro atoms. The molecule has 1 aromatic heterocycles. The van der Waals surface area contributed by atoms with Gasteiger partial charge in [0.15, 0.2) is 17.3 Å². The number of aromatic nitrogens is 1. The van der Waals surface area contributed by atoms with Gasteiger partial charge in [-0.3, -0.25) is 19.3 Å². The topological polar surface area (TPSA) is 77.8 Å². The van der Waals surface area contributed by atoms with Crippen molar-refractivity contribution in [1.82, 2.24) is 9.47 Å². The quantitative estimate of drug-likeness (QED) is 0.198. The Balaban J connectivity index is 1.34. The van der Waals surface area contributed by atoms with Gasteiger partial charge in [0.25, 0.3) is 11.1 Å². The molecule has 38 heavy (non-hydrogen) atoms. The first-order valence-corrected chi connectivity index (χ1v) is 12.9. The molecule has 0 saturated carbocycles. The van der Waals surface area contributed by atoms with Gasteiger partial charge in [0, 0.05) is 28.2 Å². The number of Topliss-reactive ketones (excluding diaryl/α,β-unsaturated/α-hetero) is 1. The van der Waals surface area contributed by atoms with Crippen molar-refractivity contribution in [3.8, 4) is 11.5 Å².